The van der Waals surface area contributed by atoms with Gasteiger partial charge >= 0.3 is 0 Å². The van der Waals surface area contributed by atoms with E-state index in [4.69, 9.17) is 4.52 Å². The molecule has 4 rings (SSSR count). The van der Waals surface area contributed by atoms with Gasteiger partial charge in [-0.2, -0.15) is 4.98 Å². The molecule has 0 spiro atoms. The second-order valence-corrected chi connectivity index (χ2v) is 7.93. The summed E-state index contributed by atoms with van der Waals surface area (Å²) < 4.78 is 17.7. The van der Waals surface area contributed by atoms with Crippen LogP contribution in [-0.2, 0) is 22.3 Å². The zero-order valence-electron chi connectivity index (χ0n) is 13.7. The third-order valence-electron chi connectivity index (χ3n) is 3.67. The molecule has 0 amide bonds. The molecule has 0 aliphatic rings. The number of benzene rings is 2. The van der Waals surface area contributed by atoms with Crippen LogP contribution in [0.4, 0.5) is 0 Å². The number of hydrogen-bond acceptors (Lipinski definition) is 6. The first-order chi connectivity index (χ1) is 12.8. The number of hydrogen-bond donors (Lipinski definition) is 0. The van der Waals surface area contributed by atoms with Crippen LogP contribution < -0.4 is 0 Å². The highest BCUT2D eigenvalue weighted by atomic mass is 32.2. The summed E-state index contributed by atoms with van der Waals surface area (Å²) in [6.45, 7) is 0. The molecule has 7 heteroatoms. The lowest BCUT2D eigenvalue weighted by atomic mass is 10.2. The van der Waals surface area contributed by atoms with E-state index in [1.54, 1.807) is 11.3 Å². The molecule has 0 aliphatic heterocycles. The molecule has 5 nitrogen and oxygen atoms in total. The summed E-state index contributed by atoms with van der Waals surface area (Å²) in [5.41, 5.74) is 2.76. The lowest BCUT2D eigenvalue weighted by Gasteiger charge is -1.96. The van der Waals surface area contributed by atoms with Crippen molar-refractivity contribution in [1.82, 2.24) is 15.1 Å². The van der Waals surface area contributed by atoms with Gasteiger partial charge in [-0.05, 0) is 0 Å². The van der Waals surface area contributed by atoms with Crippen LogP contribution in [0.15, 0.2) is 70.6 Å². The van der Waals surface area contributed by atoms with E-state index in [-0.39, 0.29) is 5.75 Å². The molecular formula is C19H15N3O2S2. The van der Waals surface area contributed by atoms with Crippen LogP contribution in [0.5, 0.6) is 0 Å². The Kier molecular flexibility index (Phi) is 4.99. The third kappa shape index (κ3) is 3.95. The van der Waals surface area contributed by atoms with E-state index in [1.165, 1.54) is 0 Å². The minimum Gasteiger partial charge on any atom is -0.338 e. The second-order valence-electron chi connectivity index (χ2n) is 5.62. The van der Waals surface area contributed by atoms with Crippen LogP contribution in [0.2, 0.25) is 0 Å². The van der Waals surface area contributed by atoms with Crippen molar-refractivity contribution in [3.8, 4) is 22.0 Å². The molecule has 0 N–H and O–H groups in total. The molecule has 1 atom stereocenters. The van der Waals surface area contributed by atoms with Gasteiger partial charge in [0.15, 0.2) is 0 Å². The molecule has 1 unspecified atom stereocenters. The number of nitrogens with zero attached hydrogens (tertiary/aromatic N) is 3. The van der Waals surface area contributed by atoms with E-state index < -0.39 is 10.8 Å². The standard InChI is InChI=1S/C19H15N3O2S2/c23-26(12-16-11-25-19(20-16)15-9-5-2-6-10-15)13-17-21-18(22-24-17)14-7-3-1-4-8-14/h1-11H,12-13H2. The first kappa shape index (κ1) is 16.8. The van der Waals surface area contributed by atoms with Crippen LogP contribution in [0.1, 0.15) is 11.6 Å². The second kappa shape index (κ2) is 7.72. The molecule has 0 aliphatic carbocycles. The first-order valence-electron chi connectivity index (χ1n) is 8.01. The molecule has 0 bridgehead atoms. The Hall–Kier alpha value is -2.64. The maximum absolute atomic E-state index is 12.4. The molecular weight excluding hydrogens is 366 g/mol. The van der Waals surface area contributed by atoms with Gasteiger partial charge in [-0.15, -0.1) is 11.3 Å². The molecule has 26 heavy (non-hydrogen) atoms. The average Bonchev–Trinajstić information content (AvgIpc) is 3.33. The fraction of sp³-hybridized carbons (Fsp3) is 0.105. The summed E-state index contributed by atoms with van der Waals surface area (Å²) in [7, 11) is -1.16. The van der Waals surface area contributed by atoms with Gasteiger partial charge < -0.3 is 4.52 Å². The van der Waals surface area contributed by atoms with Crippen molar-refractivity contribution in [2.45, 2.75) is 11.5 Å². The molecule has 130 valence electrons. The van der Waals surface area contributed by atoms with Crippen LogP contribution in [0.3, 0.4) is 0 Å². The minimum absolute atomic E-state index is 0.220. The monoisotopic (exact) mass is 381 g/mol. The summed E-state index contributed by atoms with van der Waals surface area (Å²) in [6, 6.07) is 19.5. The van der Waals surface area contributed by atoms with Crippen molar-refractivity contribution in [2.24, 2.45) is 0 Å². The van der Waals surface area contributed by atoms with E-state index in [0.29, 0.717) is 17.5 Å². The maximum Gasteiger partial charge on any atom is 0.239 e. The Labute approximate surface area is 157 Å². The zero-order chi connectivity index (χ0) is 17.8. The van der Waals surface area contributed by atoms with E-state index in [2.05, 4.69) is 15.1 Å². The number of thiazole rings is 1. The van der Waals surface area contributed by atoms with Gasteiger partial charge in [0.25, 0.3) is 0 Å². The van der Waals surface area contributed by atoms with Crippen LogP contribution in [0.25, 0.3) is 22.0 Å². The molecule has 2 heterocycles. The van der Waals surface area contributed by atoms with Gasteiger partial charge in [-0.25, -0.2) is 4.98 Å². The lowest BCUT2D eigenvalue weighted by Crippen LogP contribution is -2.00. The molecule has 4 aromatic rings. The van der Waals surface area contributed by atoms with Gasteiger partial charge in [0.1, 0.15) is 10.8 Å². The van der Waals surface area contributed by atoms with Crippen molar-refractivity contribution in [3.05, 3.63) is 77.6 Å². The molecule has 2 aromatic heterocycles. The van der Waals surface area contributed by atoms with Crippen LogP contribution >= 0.6 is 11.3 Å². The van der Waals surface area contributed by atoms with E-state index in [1.807, 2.05) is 66.0 Å². The van der Waals surface area contributed by atoms with Crippen molar-refractivity contribution in [3.63, 3.8) is 0 Å². The van der Waals surface area contributed by atoms with Crippen molar-refractivity contribution < 1.29 is 8.73 Å². The Morgan fingerprint density at radius 2 is 1.58 bits per heavy atom. The Morgan fingerprint density at radius 1 is 0.885 bits per heavy atom. The van der Waals surface area contributed by atoms with Gasteiger partial charge in [-0.3, -0.25) is 4.21 Å². The quantitative estimate of drug-likeness (QED) is 0.498. The molecule has 0 saturated carbocycles. The third-order valence-corrected chi connectivity index (χ3v) is 5.79. The average molecular weight is 381 g/mol. The van der Waals surface area contributed by atoms with E-state index >= 15 is 0 Å². The summed E-state index contributed by atoms with van der Waals surface area (Å²) in [5, 5.41) is 6.84. The Balaban J connectivity index is 1.40. The van der Waals surface area contributed by atoms with Gasteiger partial charge in [0.05, 0.1) is 11.4 Å². The highest BCUT2D eigenvalue weighted by Gasteiger charge is 2.13. The summed E-state index contributed by atoms with van der Waals surface area (Å²) in [4.78, 5) is 8.90. The molecule has 2 aromatic carbocycles. The molecule has 0 saturated heterocycles. The smallest absolute Gasteiger partial charge is 0.239 e. The van der Waals surface area contributed by atoms with E-state index in [0.717, 1.165) is 21.8 Å². The SMILES string of the molecule is O=S(Cc1csc(-c2ccccc2)n1)Cc1nc(-c2ccccc2)no1. The van der Waals surface area contributed by atoms with Crippen molar-refractivity contribution >= 4 is 22.1 Å². The Morgan fingerprint density at radius 3 is 2.31 bits per heavy atom. The van der Waals surface area contributed by atoms with E-state index in [9.17, 15) is 4.21 Å². The van der Waals surface area contributed by atoms with Gasteiger partial charge in [0.2, 0.25) is 11.7 Å². The van der Waals surface area contributed by atoms with Crippen LogP contribution in [0, 0.1) is 0 Å². The number of rotatable bonds is 6. The molecule has 0 fully saturated rings. The molecule has 0 radical (unpaired) electrons. The number of aromatic nitrogens is 3. The van der Waals surface area contributed by atoms with Crippen LogP contribution in [-0.4, -0.2) is 19.3 Å². The fourth-order valence-corrected chi connectivity index (χ4v) is 4.36. The largest absolute Gasteiger partial charge is 0.338 e. The lowest BCUT2D eigenvalue weighted by molar-refractivity contribution is 0.390. The van der Waals surface area contributed by atoms with Crippen molar-refractivity contribution in [2.75, 3.05) is 0 Å². The summed E-state index contributed by atoms with van der Waals surface area (Å²) >= 11 is 1.56. The van der Waals surface area contributed by atoms with Gasteiger partial charge in [-0.1, -0.05) is 65.8 Å². The van der Waals surface area contributed by atoms with Gasteiger partial charge in [0, 0.05) is 27.3 Å². The predicted molar refractivity (Wildman–Crippen MR) is 103 cm³/mol. The normalized spacial score (nSPS) is 12.2. The first-order valence-corrected chi connectivity index (χ1v) is 10.4. The highest BCUT2D eigenvalue weighted by molar-refractivity contribution is 7.83. The maximum atomic E-state index is 12.4. The summed E-state index contributed by atoms with van der Waals surface area (Å²) in [6.07, 6.45) is 0. The fourth-order valence-electron chi connectivity index (χ4n) is 2.46. The summed E-state index contributed by atoms with van der Waals surface area (Å²) in [5.74, 6) is 1.48. The topological polar surface area (TPSA) is 68.9 Å². The van der Waals surface area contributed by atoms with Crippen molar-refractivity contribution in [1.29, 1.82) is 0 Å². The minimum atomic E-state index is -1.16. The predicted octanol–water partition coefficient (Wildman–Crippen LogP) is 4.31. The highest BCUT2D eigenvalue weighted by Crippen LogP contribution is 2.24. The Bertz CT molecular complexity index is 932. The zero-order valence-corrected chi connectivity index (χ0v) is 15.4.